The van der Waals surface area contributed by atoms with Gasteiger partial charge < -0.3 is 10.4 Å². The van der Waals surface area contributed by atoms with E-state index in [0.29, 0.717) is 6.04 Å². The third kappa shape index (κ3) is 4.29. The van der Waals surface area contributed by atoms with E-state index in [4.69, 9.17) is 0 Å². The third-order valence-corrected chi connectivity index (χ3v) is 4.33. The maximum atomic E-state index is 9.27. The van der Waals surface area contributed by atoms with Crippen LogP contribution in [-0.2, 0) is 6.54 Å². The standard InChI is InChI=1S/C16H26N2O/c1-13-15(8-5-10-17-13)12-18-16(9-11-19)14-6-3-2-4-7-14/h5,8,10,14,16,18-19H,2-4,6-7,9,11-12H2,1H3/t16-/m0/s1. The zero-order valence-electron chi connectivity index (χ0n) is 11.9. The van der Waals surface area contributed by atoms with Gasteiger partial charge in [0.1, 0.15) is 0 Å². The lowest BCUT2D eigenvalue weighted by Gasteiger charge is -2.31. The highest BCUT2D eigenvalue weighted by Crippen LogP contribution is 2.27. The number of aliphatic hydroxyl groups is 1. The van der Waals surface area contributed by atoms with Crippen molar-refractivity contribution in [3.05, 3.63) is 29.6 Å². The summed E-state index contributed by atoms with van der Waals surface area (Å²) in [6.45, 7) is 3.19. The summed E-state index contributed by atoms with van der Waals surface area (Å²) in [5.41, 5.74) is 2.36. The van der Waals surface area contributed by atoms with Gasteiger partial charge >= 0.3 is 0 Å². The fourth-order valence-corrected chi connectivity index (χ4v) is 3.13. The largest absolute Gasteiger partial charge is 0.396 e. The van der Waals surface area contributed by atoms with Crippen LogP contribution >= 0.6 is 0 Å². The number of aromatic nitrogens is 1. The molecule has 1 saturated carbocycles. The van der Waals surface area contributed by atoms with E-state index in [1.54, 1.807) is 0 Å². The molecule has 0 aliphatic heterocycles. The topological polar surface area (TPSA) is 45.2 Å². The Balaban J connectivity index is 1.91. The van der Waals surface area contributed by atoms with Crippen molar-refractivity contribution in [1.29, 1.82) is 0 Å². The van der Waals surface area contributed by atoms with Gasteiger partial charge in [0.2, 0.25) is 0 Å². The van der Waals surface area contributed by atoms with Gasteiger partial charge in [-0.15, -0.1) is 0 Å². The Bertz CT molecular complexity index is 375. The number of nitrogens with one attached hydrogen (secondary N) is 1. The zero-order valence-corrected chi connectivity index (χ0v) is 11.9. The number of nitrogens with zero attached hydrogens (tertiary/aromatic N) is 1. The van der Waals surface area contributed by atoms with Crippen LogP contribution in [0.3, 0.4) is 0 Å². The number of rotatable bonds is 6. The van der Waals surface area contributed by atoms with Crippen molar-refractivity contribution in [1.82, 2.24) is 10.3 Å². The Morgan fingerprint density at radius 1 is 1.37 bits per heavy atom. The van der Waals surface area contributed by atoms with Crippen LogP contribution in [0.4, 0.5) is 0 Å². The summed E-state index contributed by atoms with van der Waals surface area (Å²) in [6, 6.07) is 4.57. The summed E-state index contributed by atoms with van der Waals surface area (Å²) in [5, 5.41) is 12.9. The second-order valence-corrected chi connectivity index (χ2v) is 5.65. The van der Waals surface area contributed by atoms with E-state index in [1.165, 1.54) is 37.7 Å². The van der Waals surface area contributed by atoms with Crippen molar-refractivity contribution >= 4 is 0 Å². The highest BCUT2D eigenvalue weighted by molar-refractivity contribution is 5.17. The molecule has 2 rings (SSSR count). The summed E-state index contributed by atoms with van der Waals surface area (Å²) in [6.07, 6.45) is 9.40. The first-order valence-electron chi connectivity index (χ1n) is 7.56. The average molecular weight is 262 g/mol. The van der Waals surface area contributed by atoms with Crippen molar-refractivity contribution in [3.8, 4) is 0 Å². The second-order valence-electron chi connectivity index (χ2n) is 5.65. The lowest BCUT2D eigenvalue weighted by molar-refractivity contribution is 0.205. The molecule has 1 aromatic heterocycles. The molecule has 1 aromatic rings. The van der Waals surface area contributed by atoms with Crippen molar-refractivity contribution in [2.75, 3.05) is 6.61 Å². The first-order valence-corrected chi connectivity index (χ1v) is 7.56. The van der Waals surface area contributed by atoms with Gasteiger partial charge in [-0.05, 0) is 43.7 Å². The first-order chi connectivity index (χ1) is 9.31. The highest BCUT2D eigenvalue weighted by atomic mass is 16.3. The average Bonchev–Trinajstić information content (AvgIpc) is 2.46. The zero-order chi connectivity index (χ0) is 13.5. The van der Waals surface area contributed by atoms with Crippen LogP contribution in [0, 0.1) is 12.8 Å². The summed E-state index contributed by atoms with van der Waals surface area (Å²) in [4.78, 5) is 4.33. The van der Waals surface area contributed by atoms with Crippen LogP contribution < -0.4 is 5.32 Å². The van der Waals surface area contributed by atoms with Gasteiger partial charge in [-0.2, -0.15) is 0 Å². The van der Waals surface area contributed by atoms with Gasteiger partial charge in [0.25, 0.3) is 0 Å². The van der Waals surface area contributed by atoms with E-state index >= 15 is 0 Å². The van der Waals surface area contributed by atoms with Crippen molar-refractivity contribution < 1.29 is 5.11 Å². The molecule has 0 aromatic carbocycles. The SMILES string of the molecule is Cc1ncccc1CN[C@@H](CCO)C1CCCCC1. The number of aryl methyl sites for hydroxylation is 1. The van der Waals surface area contributed by atoms with Crippen molar-refractivity contribution in [3.63, 3.8) is 0 Å². The molecule has 0 spiro atoms. The minimum absolute atomic E-state index is 0.278. The maximum Gasteiger partial charge on any atom is 0.0445 e. The molecule has 1 aliphatic rings. The Morgan fingerprint density at radius 3 is 2.84 bits per heavy atom. The van der Waals surface area contributed by atoms with Crippen LogP contribution in [0.2, 0.25) is 0 Å². The lowest BCUT2D eigenvalue weighted by Crippen LogP contribution is -2.37. The summed E-state index contributed by atoms with van der Waals surface area (Å²) in [5.74, 6) is 0.734. The van der Waals surface area contributed by atoms with Gasteiger partial charge in [-0.3, -0.25) is 4.98 Å². The second kappa shape index (κ2) is 7.61. The van der Waals surface area contributed by atoms with Crippen molar-refractivity contribution in [2.24, 2.45) is 5.92 Å². The molecule has 3 heteroatoms. The van der Waals surface area contributed by atoms with Gasteiger partial charge in [0.05, 0.1) is 0 Å². The number of hydrogen-bond donors (Lipinski definition) is 2. The molecular formula is C16H26N2O. The third-order valence-electron chi connectivity index (χ3n) is 4.33. The van der Waals surface area contributed by atoms with Crippen LogP contribution in [-0.4, -0.2) is 22.7 Å². The molecule has 1 heterocycles. The fraction of sp³-hybridized carbons (Fsp3) is 0.688. The monoisotopic (exact) mass is 262 g/mol. The predicted molar refractivity (Wildman–Crippen MR) is 77.9 cm³/mol. The maximum absolute atomic E-state index is 9.27. The van der Waals surface area contributed by atoms with E-state index in [1.807, 2.05) is 12.3 Å². The molecule has 0 unspecified atom stereocenters. The van der Waals surface area contributed by atoms with Crippen LogP contribution in [0.5, 0.6) is 0 Å². The molecule has 1 aliphatic carbocycles. The van der Waals surface area contributed by atoms with E-state index in [2.05, 4.69) is 23.3 Å². The number of pyridine rings is 1. The minimum atomic E-state index is 0.278. The molecule has 106 valence electrons. The van der Waals surface area contributed by atoms with Crippen LogP contribution in [0.25, 0.3) is 0 Å². The Morgan fingerprint density at radius 2 is 2.16 bits per heavy atom. The van der Waals surface area contributed by atoms with Gasteiger partial charge in [-0.1, -0.05) is 25.3 Å². The summed E-state index contributed by atoms with van der Waals surface area (Å²) < 4.78 is 0. The van der Waals surface area contributed by atoms with Crippen LogP contribution in [0.15, 0.2) is 18.3 Å². The van der Waals surface area contributed by atoms with Crippen LogP contribution in [0.1, 0.15) is 49.8 Å². The highest BCUT2D eigenvalue weighted by Gasteiger charge is 2.22. The Hall–Kier alpha value is -0.930. The minimum Gasteiger partial charge on any atom is -0.396 e. The molecule has 2 N–H and O–H groups in total. The van der Waals surface area contributed by atoms with E-state index in [-0.39, 0.29) is 6.61 Å². The molecular weight excluding hydrogens is 236 g/mol. The normalized spacial score (nSPS) is 18.4. The molecule has 1 atom stereocenters. The first kappa shape index (κ1) is 14.5. The smallest absolute Gasteiger partial charge is 0.0445 e. The molecule has 1 fully saturated rings. The number of aliphatic hydroxyl groups excluding tert-OH is 1. The molecule has 3 nitrogen and oxygen atoms in total. The van der Waals surface area contributed by atoms with Gasteiger partial charge in [0, 0.05) is 31.1 Å². The van der Waals surface area contributed by atoms with E-state index in [9.17, 15) is 5.11 Å². The molecule has 19 heavy (non-hydrogen) atoms. The quantitative estimate of drug-likeness (QED) is 0.828. The van der Waals surface area contributed by atoms with E-state index < -0.39 is 0 Å². The molecule has 0 saturated heterocycles. The fourth-order valence-electron chi connectivity index (χ4n) is 3.13. The van der Waals surface area contributed by atoms with Crippen molar-refractivity contribution in [2.45, 2.75) is 58.0 Å². The lowest BCUT2D eigenvalue weighted by atomic mass is 9.82. The van der Waals surface area contributed by atoms with E-state index in [0.717, 1.165) is 24.6 Å². The molecule has 0 radical (unpaired) electrons. The summed E-state index contributed by atoms with van der Waals surface area (Å²) in [7, 11) is 0. The molecule has 0 bridgehead atoms. The van der Waals surface area contributed by atoms with Gasteiger partial charge in [-0.25, -0.2) is 0 Å². The molecule has 0 amide bonds. The number of hydrogen-bond acceptors (Lipinski definition) is 3. The Labute approximate surface area is 116 Å². The Kier molecular flexibility index (Phi) is 5.80. The summed E-state index contributed by atoms with van der Waals surface area (Å²) >= 11 is 0. The van der Waals surface area contributed by atoms with Gasteiger partial charge in [0.15, 0.2) is 0 Å². The predicted octanol–water partition coefficient (Wildman–Crippen LogP) is 2.81.